The number of methoxy groups -OCH3 is 1. The third kappa shape index (κ3) is 7.09. The Kier molecular flexibility index (Phi) is 9.51. The number of benzene rings is 1. The first kappa shape index (κ1) is 27.3. The molecule has 196 valence electrons. The molecule has 1 aliphatic heterocycles. The molecule has 0 radical (unpaired) electrons. The first-order valence-electron chi connectivity index (χ1n) is 11.6. The van der Waals surface area contributed by atoms with Crippen LogP contribution < -0.4 is 10.1 Å². The van der Waals surface area contributed by atoms with Crippen LogP contribution in [0.1, 0.15) is 42.2 Å². The third-order valence-electron chi connectivity index (χ3n) is 6.03. The monoisotopic (exact) mass is 510 g/mol. The minimum absolute atomic E-state index is 0.0449. The van der Waals surface area contributed by atoms with Crippen LogP contribution in [0.2, 0.25) is 0 Å². The summed E-state index contributed by atoms with van der Waals surface area (Å²) >= 11 is 0. The summed E-state index contributed by atoms with van der Waals surface area (Å²) in [6.45, 7) is 0.721. The molecule has 2 N–H and O–H groups in total. The summed E-state index contributed by atoms with van der Waals surface area (Å²) in [5, 5.41) is 12.7. The fourth-order valence-corrected chi connectivity index (χ4v) is 4.30. The Balaban J connectivity index is 1.78. The smallest absolute Gasteiger partial charge is 0.329 e. The fourth-order valence-electron chi connectivity index (χ4n) is 4.30. The largest absolute Gasteiger partial charge is 0.503 e. The van der Waals surface area contributed by atoms with Gasteiger partial charge in [-0.3, -0.25) is 4.79 Å². The van der Waals surface area contributed by atoms with Gasteiger partial charge in [0.05, 0.1) is 13.2 Å². The van der Waals surface area contributed by atoms with Crippen LogP contribution in [0.15, 0.2) is 36.5 Å². The van der Waals surface area contributed by atoms with Gasteiger partial charge in [-0.05, 0) is 49.8 Å². The lowest BCUT2D eigenvalue weighted by Gasteiger charge is -2.31. The molecule has 36 heavy (non-hydrogen) atoms. The maximum absolute atomic E-state index is 13.3. The van der Waals surface area contributed by atoms with Crippen LogP contribution in [0.3, 0.4) is 0 Å². The molecule has 3 rings (SSSR count). The minimum Gasteiger partial charge on any atom is -0.503 e. The predicted molar refractivity (Wildman–Crippen MR) is 122 cm³/mol. The Hall–Kier alpha value is -3.34. The molecule has 1 aromatic carbocycles. The quantitative estimate of drug-likeness (QED) is 0.522. The van der Waals surface area contributed by atoms with Crippen LogP contribution in [0.5, 0.6) is 11.5 Å². The lowest BCUT2D eigenvalue weighted by molar-refractivity contribution is -0.163. The van der Waals surface area contributed by atoms with Crippen molar-refractivity contribution in [1.82, 2.24) is 10.3 Å². The molecule has 8 nitrogen and oxygen atoms in total. The van der Waals surface area contributed by atoms with E-state index in [1.54, 1.807) is 19.1 Å². The van der Waals surface area contributed by atoms with Crippen molar-refractivity contribution in [2.24, 2.45) is 5.92 Å². The number of pyridine rings is 1. The number of cyclic esters (lactones) is 1. The zero-order chi connectivity index (χ0) is 26.2. The summed E-state index contributed by atoms with van der Waals surface area (Å²) in [6.07, 6.45) is -1.66. The highest BCUT2D eigenvalue weighted by Gasteiger charge is 2.36. The van der Waals surface area contributed by atoms with Gasteiger partial charge < -0.3 is 24.6 Å². The fraction of sp³-hybridized carbons (Fsp3) is 0.480. The summed E-state index contributed by atoms with van der Waals surface area (Å²) < 4.78 is 55.2. The predicted octanol–water partition coefficient (Wildman–Crippen LogP) is 3.66. The summed E-state index contributed by atoms with van der Waals surface area (Å²) in [5.41, 5.74) is 0.469. The highest BCUT2D eigenvalue weighted by molar-refractivity contribution is 5.97. The molecule has 1 aliphatic rings. The molecule has 2 heterocycles. The van der Waals surface area contributed by atoms with Gasteiger partial charge in [-0.15, -0.1) is 0 Å². The van der Waals surface area contributed by atoms with Crippen LogP contribution >= 0.6 is 0 Å². The SMILES string of the molecule is COc1ccnc(C(=O)N[C@H]2CCC[C@H](Cc3ccc(F)cc3)[C@@H](OCC(F)F)[C@H](C)OC2=O)c1O. The first-order valence-corrected chi connectivity index (χ1v) is 11.6. The van der Waals surface area contributed by atoms with Crippen molar-refractivity contribution in [2.45, 2.75) is 57.3 Å². The number of alkyl halides is 2. The van der Waals surface area contributed by atoms with Crippen molar-refractivity contribution >= 4 is 11.9 Å². The second kappa shape index (κ2) is 12.6. The molecule has 4 atom stereocenters. The zero-order valence-corrected chi connectivity index (χ0v) is 20.0. The third-order valence-corrected chi connectivity index (χ3v) is 6.03. The number of hydrogen-bond donors (Lipinski definition) is 2. The maximum Gasteiger partial charge on any atom is 0.329 e. The van der Waals surface area contributed by atoms with Crippen LogP contribution in [-0.4, -0.2) is 60.4 Å². The standard InChI is InChI=1S/C25H29F3N2O6/c1-14-23(35-13-20(27)28)16(12-15-6-8-17(26)9-7-15)4-3-5-18(25(33)36-14)30-24(32)21-22(31)19(34-2)10-11-29-21/h6-11,14,16,18,20,23,31H,3-5,12-13H2,1-2H3,(H,30,32)/t14-,16+,18-,23-/m0/s1. The van der Waals surface area contributed by atoms with E-state index in [4.69, 9.17) is 14.2 Å². The van der Waals surface area contributed by atoms with E-state index in [1.165, 1.54) is 31.5 Å². The average Bonchev–Trinajstić information content (AvgIpc) is 2.88. The molecule has 1 saturated heterocycles. The van der Waals surface area contributed by atoms with E-state index in [9.17, 15) is 27.9 Å². The Morgan fingerprint density at radius 2 is 1.97 bits per heavy atom. The van der Waals surface area contributed by atoms with Gasteiger partial charge in [0, 0.05) is 12.3 Å². The number of aromatic hydroxyl groups is 1. The van der Waals surface area contributed by atoms with Crippen molar-refractivity contribution in [3.63, 3.8) is 0 Å². The molecule has 0 spiro atoms. The number of halogens is 3. The highest BCUT2D eigenvalue weighted by atomic mass is 19.3. The first-order chi connectivity index (χ1) is 17.2. The number of nitrogens with one attached hydrogen (secondary N) is 1. The number of rotatable bonds is 8. The van der Waals surface area contributed by atoms with Gasteiger partial charge in [-0.2, -0.15) is 0 Å². The van der Waals surface area contributed by atoms with Crippen molar-refractivity contribution in [1.29, 1.82) is 0 Å². The number of hydrogen-bond acceptors (Lipinski definition) is 7. The van der Waals surface area contributed by atoms with Crippen LogP contribution in [-0.2, 0) is 20.7 Å². The van der Waals surface area contributed by atoms with Crippen molar-refractivity contribution in [2.75, 3.05) is 13.7 Å². The van der Waals surface area contributed by atoms with E-state index < -0.39 is 54.7 Å². The van der Waals surface area contributed by atoms with Gasteiger partial charge in [-0.25, -0.2) is 22.9 Å². The summed E-state index contributed by atoms with van der Waals surface area (Å²) in [7, 11) is 1.32. The molecular formula is C25H29F3N2O6. The number of carbonyl (C=O) groups excluding carboxylic acids is 2. The molecule has 1 aromatic heterocycles. The van der Waals surface area contributed by atoms with Crippen molar-refractivity contribution in [3.05, 3.63) is 53.6 Å². The van der Waals surface area contributed by atoms with Gasteiger partial charge in [-0.1, -0.05) is 18.6 Å². The number of esters is 1. The molecule has 0 bridgehead atoms. The maximum atomic E-state index is 13.3. The lowest BCUT2D eigenvalue weighted by atomic mass is 9.87. The van der Waals surface area contributed by atoms with Crippen LogP contribution in [0, 0.1) is 11.7 Å². The Morgan fingerprint density at radius 3 is 2.64 bits per heavy atom. The van der Waals surface area contributed by atoms with E-state index in [0.717, 1.165) is 5.56 Å². The van der Waals surface area contributed by atoms with E-state index in [1.807, 2.05) is 0 Å². The van der Waals surface area contributed by atoms with E-state index in [-0.39, 0.29) is 23.8 Å². The molecule has 11 heteroatoms. The Bertz CT molecular complexity index is 1040. The molecular weight excluding hydrogens is 481 g/mol. The molecule has 0 unspecified atom stereocenters. The molecule has 0 aliphatic carbocycles. The molecule has 1 fully saturated rings. The summed E-state index contributed by atoms with van der Waals surface area (Å²) in [6, 6.07) is 6.17. The van der Waals surface area contributed by atoms with E-state index >= 15 is 0 Å². The number of carbonyl (C=O) groups is 2. The van der Waals surface area contributed by atoms with Gasteiger partial charge in [0.25, 0.3) is 12.3 Å². The van der Waals surface area contributed by atoms with E-state index in [0.29, 0.717) is 19.3 Å². The zero-order valence-electron chi connectivity index (χ0n) is 20.0. The Labute approximate surface area is 206 Å². The highest BCUT2D eigenvalue weighted by Crippen LogP contribution is 2.29. The van der Waals surface area contributed by atoms with Gasteiger partial charge in [0.2, 0.25) is 0 Å². The van der Waals surface area contributed by atoms with Gasteiger partial charge in [0.1, 0.15) is 24.6 Å². The summed E-state index contributed by atoms with van der Waals surface area (Å²) in [5.74, 6) is -2.68. The molecule has 0 saturated carbocycles. The van der Waals surface area contributed by atoms with E-state index in [2.05, 4.69) is 10.3 Å². The second-order valence-electron chi connectivity index (χ2n) is 8.59. The lowest BCUT2D eigenvalue weighted by Crippen LogP contribution is -2.45. The van der Waals surface area contributed by atoms with Crippen molar-refractivity contribution < 1.29 is 42.1 Å². The van der Waals surface area contributed by atoms with Gasteiger partial charge >= 0.3 is 5.97 Å². The number of amides is 1. The van der Waals surface area contributed by atoms with Crippen LogP contribution in [0.4, 0.5) is 13.2 Å². The minimum atomic E-state index is -2.71. The topological polar surface area (TPSA) is 107 Å². The summed E-state index contributed by atoms with van der Waals surface area (Å²) in [4.78, 5) is 29.5. The van der Waals surface area contributed by atoms with Crippen molar-refractivity contribution in [3.8, 4) is 11.5 Å². The second-order valence-corrected chi connectivity index (χ2v) is 8.59. The molecule has 1 amide bonds. The Morgan fingerprint density at radius 1 is 1.25 bits per heavy atom. The van der Waals surface area contributed by atoms with Crippen LogP contribution in [0.25, 0.3) is 0 Å². The number of aromatic nitrogens is 1. The molecule has 2 aromatic rings. The number of ether oxygens (including phenoxy) is 3. The average molecular weight is 511 g/mol. The number of nitrogens with zero attached hydrogens (tertiary/aromatic N) is 1. The normalized spacial score (nSPS) is 22.8. The van der Waals surface area contributed by atoms with Gasteiger partial charge in [0.15, 0.2) is 17.2 Å².